The predicted molar refractivity (Wildman–Crippen MR) is 324 cm³/mol. The van der Waals surface area contributed by atoms with Crippen LogP contribution in [-0.2, 0) is 63.9 Å². The van der Waals surface area contributed by atoms with E-state index in [4.69, 9.17) is 14.3 Å². The Kier molecular flexibility index (Phi) is 30.8. The van der Waals surface area contributed by atoms with E-state index in [-0.39, 0.29) is 79.6 Å². The van der Waals surface area contributed by atoms with E-state index in [1.165, 1.54) is 17.4 Å². The smallest absolute Gasteiger partial charge is 0.309 e. The maximum atomic E-state index is 14.9. The van der Waals surface area contributed by atoms with E-state index in [0.29, 0.717) is 30.5 Å². The van der Waals surface area contributed by atoms with Crippen molar-refractivity contribution in [2.45, 2.75) is 188 Å². The van der Waals surface area contributed by atoms with Crippen molar-refractivity contribution in [1.29, 1.82) is 0 Å². The molecule has 25 heteroatoms. The number of thiazole rings is 1. The first-order chi connectivity index (χ1) is 40.9. The fraction of sp³-hybridized carbons (Fsp3) is 0.656. The van der Waals surface area contributed by atoms with Gasteiger partial charge in [0.15, 0.2) is 6.10 Å². The van der Waals surface area contributed by atoms with Crippen LogP contribution in [0.5, 0.6) is 0 Å². The number of hydroxylamine groups is 2. The van der Waals surface area contributed by atoms with Gasteiger partial charge in [-0.1, -0.05) is 97.4 Å². The van der Waals surface area contributed by atoms with Gasteiger partial charge in [0.2, 0.25) is 35.4 Å². The van der Waals surface area contributed by atoms with E-state index in [2.05, 4.69) is 49.1 Å². The maximum Gasteiger partial charge on any atom is 0.309 e. The number of ether oxygens (including phenoxy) is 2. The van der Waals surface area contributed by atoms with Crippen molar-refractivity contribution in [2.24, 2.45) is 17.3 Å². The molecule has 7 atom stereocenters. The zero-order chi connectivity index (χ0) is 63.3. The molecule has 1 aliphatic heterocycles. The van der Waals surface area contributed by atoms with Gasteiger partial charge in [-0.05, 0) is 108 Å². The van der Waals surface area contributed by atoms with Gasteiger partial charge in [0.25, 0.3) is 11.8 Å². The summed E-state index contributed by atoms with van der Waals surface area (Å²) < 4.78 is 11.5. The zero-order valence-corrected chi connectivity index (χ0v) is 52.5. The third kappa shape index (κ3) is 25.2. The number of rotatable bonds is 35. The predicted octanol–water partition coefficient (Wildman–Crippen LogP) is 5.28. The minimum absolute atomic E-state index is 0.00734. The highest BCUT2D eigenvalue weighted by Gasteiger charge is 2.40. The number of carbonyl (C=O) groups excluding carboxylic acids is 9. The number of hydrogen-bond donors (Lipinski definition) is 8. The highest BCUT2D eigenvalue weighted by atomic mass is 32.1. The SMILES string of the molecule is CCCCCON(C(=O)[C@@H](NC(=O)[C@H]1CCCCN1C)[C@@H](C)CC)[C@H](C[C@@H](OC(C)=O)c1nc(C(=O)N[C@@H](Cc2ccc(NC(=O)CNC(=O)CNC(=O)CNC(=O)CNC(=O)COC3/C=C\CCCCC3)cc2)CC(C)(C)C(=O)O)cs1)C(C)C. The van der Waals surface area contributed by atoms with Gasteiger partial charge in [-0.25, -0.2) is 10.0 Å². The fourth-order valence-corrected chi connectivity index (χ4v) is 10.7. The van der Waals surface area contributed by atoms with Crippen molar-refractivity contribution >= 4 is 76.2 Å². The number of nitrogens with zero attached hydrogens (tertiary/aromatic N) is 3. The molecule has 86 heavy (non-hydrogen) atoms. The molecule has 0 bridgehead atoms. The van der Waals surface area contributed by atoms with Crippen molar-refractivity contribution < 1.29 is 67.4 Å². The van der Waals surface area contributed by atoms with Gasteiger partial charge < -0.3 is 51.8 Å². The number of aromatic nitrogens is 1. The quantitative estimate of drug-likeness (QED) is 0.0188. The van der Waals surface area contributed by atoms with Crippen molar-refractivity contribution in [3.63, 3.8) is 0 Å². The lowest BCUT2D eigenvalue weighted by Gasteiger charge is -2.39. The molecule has 1 saturated heterocycles. The average Bonchev–Trinajstić information content (AvgIpc) is 2.56. The Morgan fingerprint density at radius 1 is 0.814 bits per heavy atom. The number of carboxylic acids is 1. The van der Waals surface area contributed by atoms with Crippen LogP contribution in [0.25, 0.3) is 0 Å². The van der Waals surface area contributed by atoms with Gasteiger partial charge in [-0.2, -0.15) is 0 Å². The zero-order valence-electron chi connectivity index (χ0n) is 51.7. The van der Waals surface area contributed by atoms with Gasteiger partial charge in [-0.3, -0.25) is 57.7 Å². The minimum Gasteiger partial charge on any atom is -0.481 e. The largest absolute Gasteiger partial charge is 0.481 e. The number of allylic oxidation sites excluding steroid dienone is 1. The lowest BCUT2D eigenvalue weighted by atomic mass is 9.84. The Balaban J connectivity index is 1.36. The number of esters is 1. The molecule has 1 aromatic heterocycles. The summed E-state index contributed by atoms with van der Waals surface area (Å²) in [6.07, 6.45) is 13.7. The van der Waals surface area contributed by atoms with Crippen LogP contribution in [0.1, 0.15) is 172 Å². The van der Waals surface area contributed by atoms with E-state index in [9.17, 15) is 53.1 Å². The molecular weight excluding hydrogens is 1130 g/mol. The van der Waals surface area contributed by atoms with E-state index in [0.717, 1.165) is 75.7 Å². The summed E-state index contributed by atoms with van der Waals surface area (Å²) >= 11 is 1.09. The highest BCUT2D eigenvalue weighted by Crippen LogP contribution is 2.33. The standard InChI is InChI=1S/C61H94N10O14S/c1-10-12-20-29-84-71(59(80)55(40(5)11-2)69-57(79)47-23-18-19-28-70(47)9)48(39(3)4)31-49(85-41(6)72)58-68-46(38-86-58)56(78)67-44(32-61(7,8)60(81)82)30-42-24-26-43(27-25-42)66-53(76)36-64-51(74)34-62-50(73)33-63-52(75)35-65-54(77)37-83-45-21-16-14-13-15-17-22-45/h16,21,24-27,38-40,44-45,47-49,55H,10-15,17-20,22-23,28-37H2,1-9H3,(H,62,73)(H,63,75)(H,64,74)(H,65,77)(H,66,76)(H,67,78)(H,69,79)(H,81,82)/b21-16-/t40-,44-,45?,47+,48+,49+,55-/m0/s1. The third-order valence-corrected chi connectivity index (χ3v) is 16.2. The third-order valence-electron chi connectivity index (χ3n) is 15.2. The highest BCUT2D eigenvalue weighted by molar-refractivity contribution is 7.09. The second-order valence-corrected chi connectivity index (χ2v) is 24.2. The summed E-state index contributed by atoms with van der Waals surface area (Å²) in [4.78, 5) is 143. The van der Waals surface area contributed by atoms with Crippen LogP contribution in [0, 0.1) is 17.3 Å². The van der Waals surface area contributed by atoms with Crippen molar-refractivity contribution in [1.82, 2.24) is 46.8 Å². The Bertz CT molecular complexity index is 2590. The number of likely N-dealkylation sites (N-methyl/N-ethyl adjacent to an activating group) is 1. The molecule has 2 aromatic rings. The minimum atomic E-state index is -1.28. The maximum absolute atomic E-state index is 14.9. The molecule has 2 heterocycles. The van der Waals surface area contributed by atoms with Gasteiger partial charge >= 0.3 is 11.9 Å². The van der Waals surface area contributed by atoms with E-state index in [1.54, 1.807) is 38.1 Å². The van der Waals surface area contributed by atoms with Gasteiger partial charge in [0.1, 0.15) is 23.4 Å². The average molecular weight is 1220 g/mol. The van der Waals surface area contributed by atoms with E-state index >= 15 is 0 Å². The topological polar surface area (TPSA) is 322 Å². The molecule has 0 saturated carbocycles. The lowest BCUT2D eigenvalue weighted by molar-refractivity contribution is -0.213. The van der Waals surface area contributed by atoms with Gasteiger partial charge in [0, 0.05) is 30.5 Å². The van der Waals surface area contributed by atoms with Crippen molar-refractivity contribution in [3.05, 3.63) is 58.1 Å². The number of benzene rings is 1. The van der Waals surface area contributed by atoms with Crippen LogP contribution in [0.4, 0.5) is 5.69 Å². The Hall–Kier alpha value is -6.83. The Morgan fingerprint density at radius 2 is 1.45 bits per heavy atom. The number of unbranched alkanes of at least 4 members (excludes halogenated alkanes) is 2. The van der Waals surface area contributed by atoms with Crippen LogP contribution in [0.2, 0.25) is 0 Å². The molecular formula is C61H94N10O14S. The molecule has 1 unspecified atom stereocenters. The monoisotopic (exact) mass is 1220 g/mol. The Morgan fingerprint density at radius 3 is 2.06 bits per heavy atom. The summed E-state index contributed by atoms with van der Waals surface area (Å²) in [7, 11) is 1.91. The van der Waals surface area contributed by atoms with Gasteiger partial charge in [-0.15, -0.1) is 11.3 Å². The molecule has 4 rings (SSSR count). The number of aliphatic carboxylic acids is 1. The summed E-state index contributed by atoms with van der Waals surface area (Å²) in [5, 5.41) is 31.5. The normalized spacial score (nSPS) is 17.6. The van der Waals surface area contributed by atoms with Crippen molar-refractivity contribution in [3.8, 4) is 0 Å². The van der Waals surface area contributed by atoms with E-state index in [1.807, 2.05) is 51.8 Å². The molecule has 8 N–H and O–H groups in total. The molecule has 478 valence electrons. The van der Waals surface area contributed by atoms with Crippen LogP contribution < -0.4 is 37.2 Å². The molecule has 0 radical (unpaired) electrons. The molecule has 1 aromatic carbocycles. The second kappa shape index (κ2) is 37.0. The van der Waals surface area contributed by atoms with Crippen LogP contribution in [0.3, 0.4) is 0 Å². The first-order valence-electron chi connectivity index (χ1n) is 30.3. The summed E-state index contributed by atoms with van der Waals surface area (Å²) in [6, 6.07) is 3.91. The van der Waals surface area contributed by atoms with Crippen molar-refractivity contribution in [2.75, 3.05) is 58.3 Å². The molecule has 24 nitrogen and oxygen atoms in total. The number of piperidine rings is 1. The number of amides is 8. The Labute approximate surface area is 510 Å². The number of carbonyl (C=O) groups is 10. The molecule has 2 aliphatic rings. The second-order valence-electron chi connectivity index (χ2n) is 23.3. The molecule has 0 spiro atoms. The molecule has 8 amide bonds. The summed E-state index contributed by atoms with van der Waals surface area (Å²) in [5.41, 5.74) is -0.228. The van der Waals surface area contributed by atoms with Crippen LogP contribution in [-0.4, -0.2) is 163 Å². The van der Waals surface area contributed by atoms with E-state index < -0.39 is 103 Å². The van der Waals surface area contributed by atoms with Gasteiger partial charge in [0.05, 0.1) is 56.4 Å². The lowest BCUT2D eigenvalue weighted by Crippen LogP contribution is -2.58. The number of hydrogen-bond acceptors (Lipinski definition) is 16. The number of carboxylic acid groups (broad SMARTS) is 1. The molecule has 1 fully saturated rings. The number of likely N-dealkylation sites (tertiary alicyclic amines) is 1. The van der Waals surface area contributed by atoms with Crippen LogP contribution >= 0.6 is 11.3 Å². The first kappa shape index (κ1) is 71.6. The number of nitrogens with one attached hydrogen (secondary N) is 7. The van der Waals surface area contributed by atoms with Crippen LogP contribution in [0.15, 0.2) is 41.8 Å². The summed E-state index contributed by atoms with van der Waals surface area (Å²) in [5.74, 6) is -6.46. The first-order valence-corrected chi connectivity index (χ1v) is 31.2. The molecule has 1 aliphatic carbocycles. The summed E-state index contributed by atoms with van der Waals surface area (Å²) in [6.45, 7) is 13.2. The fourth-order valence-electron chi connectivity index (χ4n) is 9.87. The number of anilines is 1.